The largest absolute Gasteiger partial charge is 0.505 e. The van der Waals surface area contributed by atoms with Gasteiger partial charge in [0.05, 0.1) is 21.6 Å². The van der Waals surface area contributed by atoms with Gasteiger partial charge < -0.3 is 9.52 Å². The molecule has 21 heavy (non-hydrogen) atoms. The number of para-hydroxylation sites is 1. The van der Waals surface area contributed by atoms with Crippen LogP contribution < -0.4 is 5.43 Å². The average Bonchev–Trinajstić information content (AvgIpc) is 2.48. The summed E-state index contributed by atoms with van der Waals surface area (Å²) in [5.41, 5.74) is 0.937. The highest BCUT2D eigenvalue weighted by atomic mass is 79.9. The quantitative estimate of drug-likeness (QED) is 0.689. The summed E-state index contributed by atoms with van der Waals surface area (Å²) in [4.78, 5) is 16.2. The van der Waals surface area contributed by atoms with E-state index in [1.165, 1.54) is 18.3 Å². The van der Waals surface area contributed by atoms with Crippen LogP contribution in [0.5, 0.6) is 5.75 Å². The van der Waals surface area contributed by atoms with Crippen LogP contribution in [0, 0.1) is 12.3 Å². The number of terminal acetylenes is 1. The number of rotatable bonds is 1. The van der Waals surface area contributed by atoms with Crippen molar-refractivity contribution in [1.29, 1.82) is 0 Å². The number of aromatic nitrogens is 1. The lowest BCUT2D eigenvalue weighted by atomic mass is 10.1. The van der Waals surface area contributed by atoms with Gasteiger partial charge in [-0.1, -0.05) is 12.0 Å². The number of benzene rings is 1. The fourth-order valence-corrected chi connectivity index (χ4v) is 2.41. The third-order valence-corrected chi connectivity index (χ3v) is 3.62. The van der Waals surface area contributed by atoms with Gasteiger partial charge in [-0.05, 0) is 34.1 Å². The van der Waals surface area contributed by atoms with Crippen LogP contribution in [0.25, 0.3) is 22.4 Å². The second-order valence-electron chi connectivity index (χ2n) is 4.32. The molecule has 1 N–H and O–H groups in total. The van der Waals surface area contributed by atoms with Crippen LogP contribution in [-0.4, -0.2) is 10.1 Å². The van der Waals surface area contributed by atoms with Gasteiger partial charge in [-0.3, -0.25) is 4.79 Å². The zero-order valence-corrected chi connectivity index (χ0v) is 12.2. The van der Waals surface area contributed by atoms with Crippen molar-refractivity contribution in [3.8, 4) is 29.5 Å². The molecule has 0 radical (unpaired) electrons. The molecule has 0 saturated carbocycles. The zero-order chi connectivity index (χ0) is 15.0. The molecule has 0 spiro atoms. The molecule has 5 heteroatoms. The Morgan fingerprint density at radius 3 is 2.90 bits per heavy atom. The molecule has 0 unspecified atom stereocenters. The minimum absolute atomic E-state index is 0.0921. The van der Waals surface area contributed by atoms with Crippen molar-refractivity contribution >= 4 is 26.9 Å². The molecule has 4 nitrogen and oxygen atoms in total. The van der Waals surface area contributed by atoms with Gasteiger partial charge in [0.15, 0.2) is 16.8 Å². The van der Waals surface area contributed by atoms with Crippen LogP contribution in [0.3, 0.4) is 0 Å². The predicted octanol–water partition coefficient (Wildman–Crippen LogP) is 3.30. The van der Waals surface area contributed by atoms with Crippen molar-refractivity contribution < 1.29 is 9.52 Å². The molecule has 3 aromatic rings. The van der Waals surface area contributed by atoms with Crippen LogP contribution >= 0.6 is 15.9 Å². The van der Waals surface area contributed by atoms with Gasteiger partial charge in [0.25, 0.3) is 0 Å². The highest BCUT2D eigenvalue weighted by Crippen LogP contribution is 2.27. The fourth-order valence-electron chi connectivity index (χ4n) is 1.97. The lowest BCUT2D eigenvalue weighted by Crippen LogP contribution is -2.01. The number of hydrogen-bond acceptors (Lipinski definition) is 4. The molecule has 2 heterocycles. The summed E-state index contributed by atoms with van der Waals surface area (Å²) >= 11 is 3.35. The third kappa shape index (κ3) is 2.30. The Hall–Kier alpha value is -2.58. The molecule has 0 saturated heterocycles. The molecule has 0 aliphatic heterocycles. The lowest BCUT2D eigenvalue weighted by molar-refractivity contribution is 0.471. The Morgan fingerprint density at radius 2 is 2.14 bits per heavy atom. The van der Waals surface area contributed by atoms with Gasteiger partial charge in [0.1, 0.15) is 11.4 Å². The molecule has 3 rings (SSSR count). The van der Waals surface area contributed by atoms with E-state index in [2.05, 4.69) is 26.8 Å². The van der Waals surface area contributed by atoms with E-state index in [4.69, 9.17) is 10.8 Å². The Kier molecular flexibility index (Phi) is 3.24. The van der Waals surface area contributed by atoms with Crippen molar-refractivity contribution in [1.82, 2.24) is 4.98 Å². The predicted molar refractivity (Wildman–Crippen MR) is 83.0 cm³/mol. The van der Waals surface area contributed by atoms with E-state index in [0.29, 0.717) is 21.1 Å². The van der Waals surface area contributed by atoms with Crippen LogP contribution in [-0.2, 0) is 0 Å². The van der Waals surface area contributed by atoms with Crippen molar-refractivity contribution in [3.63, 3.8) is 0 Å². The topological polar surface area (TPSA) is 63.3 Å². The molecule has 0 aliphatic carbocycles. The second kappa shape index (κ2) is 5.08. The maximum absolute atomic E-state index is 12.1. The second-order valence-corrected chi connectivity index (χ2v) is 5.18. The minimum Gasteiger partial charge on any atom is -0.505 e. The number of fused-ring (bicyclic) bond motifs is 1. The number of nitrogens with zero attached hydrogens (tertiary/aromatic N) is 1. The highest BCUT2D eigenvalue weighted by molar-refractivity contribution is 9.10. The smallest absolute Gasteiger partial charge is 0.193 e. The monoisotopic (exact) mass is 341 g/mol. The van der Waals surface area contributed by atoms with Crippen LogP contribution in [0.1, 0.15) is 5.56 Å². The van der Waals surface area contributed by atoms with E-state index in [1.54, 1.807) is 18.2 Å². The van der Waals surface area contributed by atoms with E-state index in [0.717, 1.165) is 0 Å². The average molecular weight is 342 g/mol. The highest BCUT2D eigenvalue weighted by Gasteiger charge is 2.11. The Morgan fingerprint density at radius 1 is 1.33 bits per heavy atom. The summed E-state index contributed by atoms with van der Waals surface area (Å²) in [6, 6.07) is 8.09. The number of hydrogen-bond donors (Lipinski definition) is 1. The summed E-state index contributed by atoms with van der Waals surface area (Å²) in [5, 5.41) is 10.0. The molecular weight excluding hydrogens is 334 g/mol. The number of halogens is 1. The van der Waals surface area contributed by atoms with Gasteiger partial charge in [-0.25, -0.2) is 4.98 Å². The Labute approximate surface area is 128 Å². The number of pyridine rings is 1. The molecule has 0 fully saturated rings. The standard InChI is InChI=1S/C16H8BrNO3/c1-2-9-6-12(18-8-14(9)20)15-7-13(19)10-4-3-5-11(17)16(10)21-15/h1,3-8,20H. The zero-order valence-electron chi connectivity index (χ0n) is 10.6. The Balaban J connectivity index is 2.29. The first-order valence-corrected chi connectivity index (χ1v) is 6.78. The first-order valence-electron chi connectivity index (χ1n) is 5.98. The van der Waals surface area contributed by atoms with Crippen molar-refractivity contribution in [3.05, 3.63) is 56.8 Å². The molecule has 0 atom stereocenters. The van der Waals surface area contributed by atoms with Gasteiger partial charge >= 0.3 is 0 Å². The molecule has 0 bridgehead atoms. The van der Waals surface area contributed by atoms with Crippen molar-refractivity contribution in [2.45, 2.75) is 0 Å². The fraction of sp³-hybridized carbons (Fsp3) is 0. The van der Waals surface area contributed by atoms with Crippen LogP contribution in [0.15, 0.2) is 50.2 Å². The lowest BCUT2D eigenvalue weighted by Gasteiger charge is -2.05. The molecule has 1 aromatic carbocycles. The summed E-state index contributed by atoms with van der Waals surface area (Å²) in [7, 11) is 0. The first-order chi connectivity index (χ1) is 10.1. The number of aromatic hydroxyl groups is 1. The van der Waals surface area contributed by atoms with Gasteiger partial charge in [0, 0.05) is 6.07 Å². The van der Waals surface area contributed by atoms with E-state index in [9.17, 15) is 9.90 Å². The maximum atomic E-state index is 12.1. The van der Waals surface area contributed by atoms with E-state index in [1.807, 2.05) is 0 Å². The van der Waals surface area contributed by atoms with Crippen LogP contribution in [0.4, 0.5) is 0 Å². The summed E-state index contributed by atoms with van der Waals surface area (Å²) in [5.74, 6) is 2.55. The third-order valence-electron chi connectivity index (χ3n) is 3.00. The maximum Gasteiger partial charge on any atom is 0.193 e. The van der Waals surface area contributed by atoms with Gasteiger partial charge in [-0.2, -0.15) is 0 Å². The molecule has 0 amide bonds. The van der Waals surface area contributed by atoms with Gasteiger partial charge in [0.2, 0.25) is 0 Å². The van der Waals surface area contributed by atoms with Crippen LogP contribution in [0.2, 0.25) is 0 Å². The summed E-state index contributed by atoms with van der Waals surface area (Å²) < 4.78 is 6.42. The van der Waals surface area contributed by atoms with E-state index >= 15 is 0 Å². The van der Waals surface area contributed by atoms with Gasteiger partial charge in [-0.15, -0.1) is 6.42 Å². The SMILES string of the molecule is C#Cc1cc(-c2cc(=O)c3cccc(Br)c3o2)ncc1O. The molecule has 102 valence electrons. The Bertz CT molecular complexity index is 954. The normalized spacial score (nSPS) is 10.5. The first kappa shape index (κ1) is 13.4. The minimum atomic E-state index is -0.176. The van der Waals surface area contributed by atoms with E-state index in [-0.39, 0.29) is 22.5 Å². The van der Waals surface area contributed by atoms with Crippen molar-refractivity contribution in [2.75, 3.05) is 0 Å². The molecular formula is C16H8BrNO3. The molecule has 0 aliphatic rings. The summed E-state index contributed by atoms with van der Waals surface area (Å²) in [6.45, 7) is 0. The molecule has 2 aromatic heterocycles. The van der Waals surface area contributed by atoms with Crippen molar-refractivity contribution in [2.24, 2.45) is 0 Å². The summed E-state index contributed by atoms with van der Waals surface area (Å²) in [6.07, 6.45) is 6.54. The van der Waals surface area contributed by atoms with E-state index < -0.39 is 0 Å².